The molecule has 2 heterocycles. The monoisotopic (exact) mass is 732 g/mol. The van der Waals surface area contributed by atoms with Crippen molar-refractivity contribution >= 4 is 34.8 Å². The maximum atomic E-state index is 14.3. The fraction of sp³-hybridized carbons (Fsp3) is 0.357. The highest BCUT2D eigenvalue weighted by atomic mass is 16.6. The Bertz CT molecular complexity index is 2060. The third kappa shape index (κ3) is 8.82. The van der Waals surface area contributed by atoms with Crippen molar-refractivity contribution in [3.63, 3.8) is 0 Å². The second-order valence-corrected chi connectivity index (χ2v) is 14.8. The average molecular weight is 733 g/mol. The molecule has 12 nitrogen and oxygen atoms in total. The van der Waals surface area contributed by atoms with Gasteiger partial charge < -0.3 is 35.4 Å². The molecular weight excluding hydrogens is 684 g/mol. The quantitative estimate of drug-likeness (QED) is 0.0881. The van der Waals surface area contributed by atoms with E-state index in [1.54, 1.807) is 33.2 Å². The van der Waals surface area contributed by atoms with Crippen molar-refractivity contribution in [3.8, 4) is 11.1 Å². The molecule has 4 atom stereocenters. The Kier molecular flexibility index (Phi) is 11.5. The molecule has 3 aromatic carbocycles. The average Bonchev–Trinajstić information content (AvgIpc) is 3.89. The van der Waals surface area contributed by atoms with E-state index < -0.39 is 47.6 Å². The number of nitrogens with zero attached hydrogens (tertiary/aromatic N) is 1. The minimum absolute atomic E-state index is 0.0455. The maximum absolute atomic E-state index is 14.3. The van der Waals surface area contributed by atoms with Gasteiger partial charge in [0.2, 0.25) is 11.8 Å². The molecule has 12 heteroatoms. The van der Waals surface area contributed by atoms with Crippen LogP contribution in [0.25, 0.3) is 22.0 Å². The van der Waals surface area contributed by atoms with Gasteiger partial charge in [-0.2, -0.15) is 0 Å². The minimum Gasteiger partial charge on any atom is -0.458 e. The number of nitrogens with one attached hydrogen (secondary N) is 5. The first-order valence-corrected chi connectivity index (χ1v) is 18.4. The summed E-state index contributed by atoms with van der Waals surface area (Å²) in [4.78, 5) is 65.4. The summed E-state index contributed by atoms with van der Waals surface area (Å²) in [6, 6.07) is 20.5. The highest BCUT2D eigenvalue weighted by molar-refractivity contribution is 5.94. The summed E-state index contributed by atoms with van der Waals surface area (Å²) in [5.41, 5.74) is 5.82. The van der Waals surface area contributed by atoms with Crippen LogP contribution in [0.1, 0.15) is 69.3 Å². The third-order valence-corrected chi connectivity index (χ3v) is 9.83. The first kappa shape index (κ1) is 37.8. The molecule has 54 heavy (non-hydrogen) atoms. The fourth-order valence-electron chi connectivity index (χ4n) is 6.90. The third-order valence-electron chi connectivity index (χ3n) is 9.83. The Morgan fingerprint density at radius 3 is 2.09 bits per heavy atom. The van der Waals surface area contributed by atoms with E-state index in [4.69, 9.17) is 9.47 Å². The number of H-pyrrole nitrogens is 2. The Morgan fingerprint density at radius 2 is 1.44 bits per heavy atom. The Hall–Kier alpha value is -5.91. The van der Waals surface area contributed by atoms with Crippen LogP contribution in [0, 0.1) is 5.92 Å². The van der Waals surface area contributed by atoms with Crippen LogP contribution >= 0.6 is 0 Å². The number of hydrogen-bond donors (Lipinski definition) is 5. The van der Waals surface area contributed by atoms with Crippen molar-refractivity contribution in [2.75, 3.05) is 6.61 Å². The minimum atomic E-state index is -1.14. The van der Waals surface area contributed by atoms with Gasteiger partial charge in [-0.1, -0.05) is 87.0 Å². The van der Waals surface area contributed by atoms with Crippen molar-refractivity contribution in [2.45, 2.75) is 83.5 Å². The van der Waals surface area contributed by atoms with E-state index in [9.17, 15) is 19.2 Å². The Balaban J connectivity index is 1.23. The molecule has 0 saturated heterocycles. The number of carbonyl (C=O) groups is 4. The van der Waals surface area contributed by atoms with Gasteiger partial charge in [-0.05, 0) is 60.6 Å². The molecule has 0 fully saturated rings. The number of para-hydroxylation sites is 1. The summed E-state index contributed by atoms with van der Waals surface area (Å²) in [5.74, 6) is -2.18. The zero-order valence-electron chi connectivity index (χ0n) is 31.3. The molecule has 0 bridgehead atoms. The maximum Gasteiger partial charge on any atom is 0.407 e. The topological polar surface area (TPSA) is 167 Å². The number of aromatic amines is 2. The molecule has 0 unspecified atom stereocenters. The van der Waals surface area contributed by atoms with Gasteiger partial charge in [0.05, 0.1) is 6.33 Å². The predicted octanol–water partition coefficient (Wildman–Crippen LogP) is 5.94. The number of amides is 3. The van der Waals surface area contributed by atoms with Crippen LogP contribution in [-0.4, -0.2) is 69.2 Å². The van der Waals surface area contributed by atoms with Crippen LogP contribution in [0.15, 0.2) is 91.5 Å². The number of ether oxygens (including phenoxy) is 2. The van der Waals surface area contributed by atoms with Gasteiger partial charge in [-0.3, -0.25) is 9.59 Å². The lowest BCUT2D eigenvalue weighted by Crippen LogP contribution is -2.58. The van der Waals surface area contributed by atoms with Gasteiger partial charge in [0.25, 0.3) is 0 Å². The first-order chi connectivity index (χ1) is 25.9. The lowest BCUT2D eigenvalue weighted by Gasteiger charge is -2.29. The molecule has 6 rings (SSSR count). The largest absolute Gasteiger partial charge is 0.458 e. The molecule has 3 amide bonds. The summed E-state index contributed by atoms with van der Waals surface area (Å²) in [6.07, 6.45) is 4.82. The number of imidazole rings is 1. The first-order valence-electron chi connectivity index (χ1n) is 18.4. The van der Waals surface area contributed by atoms with E-state index in [0.717, 1.165) is 38.7 Å². The summed E-state index contributed by atoms with van der Waals surface area (Å²) < 4.78 is 11.5. The van der Waals surface area contributed by atoms with Gasteiger partial charge in [0.1, 0.15) is 30.3 Å². The molecule has 0 aliphatic heterocycles. The van der Waals surface area contributed by atoms with Crippen LogP contribution in [-0.2, 0) is 36.7 Å². The number of carbonyl (C=O) groups excluding carboxylic acids is 4. The predicted molar refractivity (Wildman–Crippen MR) is 205 cm³/mol. The van der Waals surface area contributed by atoms with Gasteiger partial charge in [-0.15, -0.1) is 0 Å². The van der Waals surface area contributed by atoms with Crippen molar-refractivity contribution in [1.82, 2.24) is 30.9 Å². The van der Waals surface area contributed by atoms with E-state index in [1.165, 1.54) is 6.33 Å². The lowest BCUT2D eigenvalue weighted by atomic mass is 9.98. The zero-order valence-corrected chi connectivity index (χ0v) is 31.3. The van der Waals surface area contributed by atoms with Crippen LogP contribution in [0.2, 0.25) is 0 Å². The molecule has 0 saturated carbocycles. The SMILES string of the molecule is CC[C@H](C)[C@H](NC(=O)[C@H](Cc1cnc[nH]1)NC(=O)[C@H](Cc1c[nH]c2ccccc12)NC(=O)OCC1c2ccccc2-c2ccccc21)C(=O)OC(C)(C)C. The van der Waals surface area contributed by atoms with Crippen LogP contribution in [0.4, 0.5) is 4.79 Å². The number of esters is 1. The van der Waals surface area contributed by atoms with Crippen molar-refractivity contribution in [3.05, 3.63) is 114 Å². The smallest absolute Gasteiger partial charge is 0.407 e. The number of benzene rings is 3. The van der Waals surface area contributed by atoms with Crippen LogP contribution in [0.5, 0.6) is 0 Å². The summed E-state index contributed by atoms with van der Waals surface area (Å²) in [5, 5.41) is 9.40. The summed E-state index contributed by atoms with van der Waals surface area (Å²) >= 11 is 0. The van der Waals surface area contributed by atoms with Gasteiger partial charge in [0, 0.05) is 47.8 Å². The molecule has 5 aromatic rings. The highest BCUT2D eigenvalue weighted by Crippen LogP contribution is 2.44. The highest BCUT2D eigenvalue weighted by Gasteiger charge is 2.35. The standard InChI is InChI=1S/C42H48N6O6/c1-6-25(2)37(40(51)54-42(3,4)5)48-39(50)36(20-27-22-43-24-45-27)46-38(49)35(19-26-21-44-34-18-12-11-13-28(26)34)47-41(52)53-23-33-31-16-9-7-14-29(31)30-15-8-10-17-32(30)33/h7-18,21-22,24-25,33,35-37,44H,6,19-20,23H2,1-5H3,(H,43,45)(H,46,49)(H,47,52)(H,48,50)/t25-,35-,36-,37-/m0/s1. The van der Waals surface area contributed by atoms with E-state index in [1.807, 2.05) is 74.5 Å². The molecule has 2 aromatic heterocycles. The fourth-order valence-corrected chi connectivity index (χ4v) is 6.90. The summed E-state index contributed by atoms with van der Waals surface area (Å²) in [7, 11) is 0. The van der Waals surface area contributed by atoms with Crippen LogP contribution in [0.3, 0.4) is 0 Å². The van der Waals surface area contributed by atoms with E-state index >= 15 is 0 Å². The molecule has 1 aliphatic carbocycles. The van der Waals surface area contributed by atoms with Crippen molar-refractivity contribution in [2.24, 2.45) is 5.92 Å². The molecule has 0 radical (unpaired) electrons. The van der Waals surface area contributed by atoms with Crippen LogP contribution < -0.4 is 16.0 Å². The number of aromatic nitrogens is 3. The molecule has 282 valence electrons. The molecular formula is C42H48N6O6. The number of hydrogen-bond acceptors (Lipinski definition) is 7. The Morgan fingerprint density at radius 1 is 0.815 bits per heavy atom. The van der Waals surface area contributed by atoms with Crippen molar-refractivity contribution in [1.29, 1.82) is 0 Å². The van der Waals surface area contributed by atoms with Gasteiger partial charge in [-0.25, -0.2) is 14.6 Å². The van der Waals surface area contributed by atoms with Gasteiger partial charge >= 0.3 is 12.1 Å². The lowest BCUT2D eigenvalue weighted by molar-refractivity contribution is -0.160. The van der Waals surface area contributed by atoms with Gasteiger partial charge in [0.15, 0.2) is 0 Å². The summed E-state index contributed by atoms with van der Waals surface area (Å²) in [6.45, 7) is 9.13. The van der Waals surface area contributed by atoms with E-state index in [2.05, 4.69) is 43.0 Å². The zero-order chi connectivity index (χ0) is 38.4. The molecule has 5 N–H and O–H groups in total. The number of rotatable bonds is 14. The van der Waals surface area contributed by atoms with E-state index in [0.29, 0.717) is 12.1 Å². The number of alkyl carbamates (subject to hydrolysis) is 1. The van der Waals surface area contributed by atoms with Crippen molar-refractivity contribution < 1.29 is 28.7 Å². The normalized spacial score (nSPS) is 14.6. The second kappa shape index (κ2) is 16.4. The molecule has 1 aliphatic rings. The Labute approximate surface area is 314 Å². The van der Waals surface area contributed by atoms with E-state index in [-0.39, 0.29) is 31.3 Å². The molecule has 0 spiro atoms. The second-order valence-electron chi connectivity index (χ2n) is 14.8. The number of fused-ring (bicyclic) bond motifs is 4.